The number of methoxy groups -OCH3 is 1. The van der Waals surface area contributed by atoms with Gasteiger partial charge in [0.15, 0.2) is 0 Å². The molecule has 0 aliphatic rings. The summed E-state index contributed by atoms with van der Waals surface area (Å²) in [7, 11) is 5.34. The maximum Gasteiger partial charge on any atom is 0.307 e. The zero-order chi connectivity index (χ0) is 14.1. The summed E-state index contributed by atoms with van der Waals surface area (Å²) >= 11 is 0. The van der Waals surface area contributed by atoms with Crippen LogP contribution < -0.4 is 0 Å². The lowest BCUT2D eigenvalue weighted by atomic mass is 10.1. The molecule has 4 nitrogen and oxygen atoms in total. The maximum absolute atomic E-state index is 11.3. The lowest BCUT2D eigenvalue weighted by molar-refractivity contribution is -0.142. The summed E-state index contributed by atoms with van der Waals surface area (Å²) < 4.78 is 10.3. The van der Waals surface area contributed by atoms with Crippen LogP contribution in [0.5, 0.6) is 0 Å². The number of rotatable bonds is 8. The molecule has 1 aromatic rings. The Morgan fingerprint density at radius 3 is 2.53 bits per heavy atom. The molecule has 0 spiro atoms. The third kappa shape index (κ3) is 6.36. The van der Waals surface area contributed by atoms with Crippen LogP contribution in [0.3, 0.4) is 0 Å². The van der Waals surface area contributed by atoms with Crippen molar-refractivity contribution < 1.29 is 14.3 Å². The Labute approximate surface area is 115 Å². The Balaban J connectivity index is 2.27. The van der Waals surface area contributed by atoms with Crippen molar-refractivity contribution in [1.29, 1.82) is 0 Å². The number of carbonyl (C=O) groups excluding carboxylic acids is 1. The molecule has 0 amide bonds. The van der Waals surface area contributed by atoms with Gasteiger partial charge in [-0.15, -0.1) is 0 Å². The van der Waals surface area contributed by atoms with Gasteiger partial charge in [-0.3, -0.25) is 4.79 Å². The number of nitrogens with zero attached hydrogens (tertiary/aromatic N) is 1. The van der Waals surface area contributed by atoms with Gasteiger partial charge in [-0.1, -0.05) is 30.3 Å². The third-order valence-corrected chi connectivity index (χ3v) is 3.07. The molecule has 0 N–H and O–H groups in total. The summed E-state index contributed by atoms with van der Waals surface area (Å²) in [4.78, 5) is 13.3. The van der Waals surface area contributed by atoms with Crippen LogP contribution in [0, 0.1) is 0 Å². The average molecular weight is 265 g/mol. The minimum Gasteiger partial charge on any atom is -0.469 e. The van der Waals surface area contributed by atoms with Crippen LogP contribution in [0.25, 0.3) is 0 Å². The second-order valence-corrected chi connectivity index (χ2v) is 4.72. The van der Waals surface area contributed by atoms with Crippen LogP contribution in [0.15, 0.2) is 30.3 Å². The molecule has 1 aromatic carbocycles. The molecule has 1 unspecified atom stereocenters. The summed E-state index contributed by atoms with van der Waals surface area (Å²) in [6, 6.07) is 10.2. The van der Waals surface area contributed by atoms with Gasteiger partial charge >= 0.3 is 5.97 Å². The first-order valence-electron chi connectivity index (χ1n) is 6.48. The number of carbonyl (C=O) groups is 1. The van der Waals surface area contributed by atoms with E-state index in [0.717, 1.165) is 12.0 Å². The first-order chi connectivity index (χ1) is 9.13. The first-order valence-corrected chi connectivity index (χ1v) is 6.48. The largest absolute Gasteiger partial charge is 0.469 e. The van der Waals surface area contributed by atoms with E-state index < -0.39 is 0 Å². The minimum atomic E-state index is -0.179. The Morgan fingerprint density at radius 1 is 1.26 bits per heavy atom. The number of esters is 1. The van der Waals surface area contributed by atoms with E-state index in [1.54, 1.807) is 0 Å². The summed E-state index contributed by atoms with van der Waals surface area (Å²) in [5.74, 6) is -0.179. The van der Waals surface area contributed by atoms with Gasteiger partial charge in [-0.25, -0.2) is 0 Å². The fourth-order valence-corrected chi connectivity index (χ4v) is 1.80. The fraction of sp³-hybridized carbons (Fsp3) is 0.533. The van der Waals surface area contributed by atoms with Gasteiger partial charge in [0.1, 0.15) is 0 Å². The predicted octanol–water partition coefficient (Wildman–Crippen LogP) is 2.09. The molecule has 0 aromatic heterocycles. The molecular formula is C15H23NO3. The molecule has 0 aliphatic heterocycles. The molecule has 1 rings (SSSR count). The van der Waals surface area contributed by atoms with Crippen molar-refractivity contribution in [3.63, 3.8) is 0 Å². The predicted molar refractivity (Wildman–Crippen MR) is 74.8 cm³/mol. The topological polar surface area (TPSA) is 38.8 Å². The minimum absolute atomic E-state index is 0.156. The first kappa shape index (κ1) is 15.7. The van der Waals surface area contributed by atoms with Crippen LogP contribution in [-0.2, 0) is 20.9 Å². The SMILES string of the molecule is COC(=O)CC(CCOCc1ccccc1)N(C)C. The van der Waals surface area contributed by atoms with E-state index in [-0.39, 0.29) is 12.0 Å². The van der Waals surface area contributed by atoms with Crippen LogP contribution in [-0.4, -0.2) is 44.7 Å². The van der Waals surface area contributed by atoms with Crippen molar-refractivity contribution in [2.45, 2.75) is 25.5 Å². The van der Waals surface area contributed by atoms with E-state index in [2.05, 4.69) is 0 Å². The lowest BCUT2D eigenvalue weighted by Gasteiger charge is -2.23. The number of benzene rings is 1. The van der Waals surface area contributed by atoms with E-state index >= 15 is 0 Å². The van der Waals surface area contributed by atoms with Gasteiger partial charge < -0.3 is 14.4 Å². The van der Waals surface area contributed by atoms with Crippen molar-refractivity contribution in [2.24, 2.45) is 0 Å². The quantitative estimate of drug-likeness (QED) is 0.533. The smallest absolute Gasteiger partial charge is 0.307 e. The van der Waals surface area contributed by atoms with E-state index in [0.29, 0.717) is 19.6 Å². The van der Waals surface area contributed by atoms with Crippen molar-refractivity contribution in [1.82, 2.24) is 4.90 Å². The fourth-order valence-electron chi connectivity index (χ4n) is 1.80. The molecule has 0 bridgehead atoms. The Hall–Kier alpha value is -1.39. The highest BCUT2D eigenvalue weighted by Gasteiger charge is 2.16. The van der Waals surface area contributed by atoms with E-state index in [1.165, 1.54) is 7.11 Å². The van der Waals surface area contributed by atoms with E-state index in [4.69, 9.17) is 9.47 Å². The van der Waals surface area contributed by atoms with Gasteiger partial charge in [0.05, 0.1) is 20.1 Å². The molecule has 0 heterocycles. The molecule has 4 heteroatoms. The van der Waals surface area contributed by atoms with Crippen molar-refractivity contribution in [2.75, 3.05) is 27.8 Å². The van der Waals surface area contributed by atoms with Crippen LogP contribution in [0.1, 0.15) is 18.4 Å². The summed E-state index contributed by atoms with van der Waals surface area (Å²) in [6.07, 6.45) is 1.22. The molecule has 0 radical (unpaired) electrons. The van der Waals surface area contributed by atoms with Crippen molar-refractivity contribution in [3.05, 3.63) is 35.9 Å². The number of hydrogen-bond acceptors (Lipinski definition) is 4. The standard InChI is InChI=1S/C15H23NO3/c1-16(2)14(11-15(17)18-3)9-10-19-12-13-7-5-4-6-8-13/h4-8,14H,9-12H2,1-3H3. The van der Waals surface area contributed by atoms with Gasteiger partial charge in [0.25, 0.3) is 0 Å². The second-order valence-electron chi connectivity index (χ2n) is 4.72. The molecule has 0 saturated heterocycles. The molecule has 1 atom stereocenters. The maximum atomic E-state index is 11.3. The van der Waals surface area contributed by atoms with Gasteiger partial charge in [0, 0.05) is 12.6 Å². The van der Waals surface area contributed by atoms with Crippen molar-refractivity contribution in [3.8, 4) is 0 Å². The lowest BCUT2D eigenvalue weighted by Crippen LogP contribution is -2.32. The monoisotopic (exact) mass is 265 g/mol. The van der Waals surface area contributed by atoms with Gasteiger partial charge in [-0.05, 0) is 26.1 Å². The van der Waals surface area contributed by atoms with Crippen LogP contribution >= 0.6 is 0 Å². The van der Waals surface area contributed by atoms with E-state index in [1.807, 2.05) is 49.3 Å². The molecule has 106 valence electrons. The van der Waals surface area contributed by atoms with Crippen LogP contribution in [0.4, 0.5) is 0 Å². The Morgan fingerprint density at radius 2 is 1.95 bits per heavy atom. The number of ether oxygens (including phenoxy) is 2. The molecular weight excluding hydrogens is 242 g/mol. The average Bonchev–Trinajstić information content (AvgIpc) is 2.42. The van der Waals surface area contributed by atoms with E-state index in [9.17, 15) is 4.79 Å². The van der Waals surface area contributed by atoms with Gasteiger partial charge in [0.2, 0.25) is 0 Å². The summed E-state index contributed by atoms with van der Waals surface area (Å²) in [5.41, 5.74) is 1.16. The Kier molecular flexibility index (Phi) is 7.15. The zero-order valence-electron chi connectivity index (χ0n) is 12.0. The molecule has 0 fully saturated rings. The normalized spacial score (nSPS) is 12.4. The molecule has 0 saturated carbocycles. The van der Waals surface area contributed by atoms with Gasteiger partial charge in [-0.2, -0.15) is 0 Å². The third-order valence-electron chi connectivity index (χ3n) is 3.07. The Bertz CT molecular complexity index is 365. The highest BCUT2D eigenvalue weighted by atomic mass is 16.5. The number of hydrogen-bond donors (Lipinski definition) is 0. The highest BCUT2D eigenvalue weighted by Crippen LogP contribution is 2.08. The molecule has 19 heavy (non-hydrogen) atoms. The molecule has 0 aliphatic carbocycles. The van der Waals surface area contributed by atoms with Crippen LogP contribution in [0.2, 0.25) is 0 Å². The van der Waals surface area contributed by atoms with Crippen molar-refractivity contribution >= 4 is 5.97 Å². The summed E-state index contributed by atoms with van der Waals surface area (Å²) in [6.45, 7) is 1.24. The summed E-state index contributed by atoms with van der Waals surface area (Å²) in [5, 5.41) is 0. The second kappa shape index (κ2) is 8.67. The zero-order valence-corrected chi connectivity index (χ0v) is 12.0. The highest BCUT2D eigenvalue weighted by molar-refractivity contribution is 5.69.